The summed E-state index contributed by atoms with van der Waals surface area (Å²) in [7, 11) is 0. The number of amides is 3. The Hall–Kier alpha value is -4.45. The molecule has 1 aliphatic rings. The van der Waals surface area contributed by atoms with E-state index in [1.807, 2.05) is 111 Å². The molecule has 1 heterocycles. The Kier molecular flexibility index (Phi) is 8.78. The third-order valence-corrected chi connectivity index (χ3v) is 7.89. The topological polar surface area (TPSA) is 69.7 Å². The summed E-state index contributed by atoms with van der Waals surface area (Å²) in [4.78, 5) is 44.3. The van der Waals surface area contributed by atoms with Crippen LogP contribution in [0.5, 0.6) is 0 Å². The Morgan fingerprint density at radius 1 is 0.854 bits per heavy atom. The van der Waals surface area contributed by atoms with Crippen molar-refractivity contribution in [1.29, 1.82) is 0 Å². The van der Waals surface area contributed by atoms with Gasteiger partial charge in [-0.25, -0.2) is 0 Å². The van der Waals surface area contributed by atoms with Crippen LogP contribution in [0.3, 0.4) is 0 Å². The fourth-order valence-electron chi connectivity index (χ4n) is 5.51. The first-order valence-corrected chi connectivity index (χ1v) is 14.5. The molecule has 3 amide bonds. The van der Waals surface area contributed by atoms with E-state index < -0.39 is 6.04 Å². The molecule has 41 heavy (non-hydrogen) atoms. The first kappa shape index (κ1) is 28.1. The van der Waals surface area contributed by atoms with Crippen LogP contribution in [0.4, 0.5) is 5.69 Å². The first-order valence-electron chi connectivity index (χ1n) is 14.5. The number of nitrogens with one attached hydrogen (secondary N) is 1. The zero-order chi connectivity index (χ0) is 28.8. The molecule has 4 aromatic carbocycles. The summed E-state index contributed by atoms with van der Waals surface area (Å²) in [5, 5.41) is 5.13. The lowest BCUT2D eigenvalue weighted by Crippen LogP contribution is -2.52. The van der Waals surface area contributed by atoms with Gasteiger partial charge in [-0.1, -0.05) is 91.9 Å². The quantitative estimate of drug-likeness (QED) is 0.232. The third-order valence-electron chi connectivity index (χ3n) is 7.89. The van der Waals surface area contributed by atoms with E-state index >= 15 is 0 Å². The minimum Gasteiger partial charge on any atom is -0.352 e. The van der Waals surface area contributed by atoms with Gasteiger partial charge in [-0.3, -0.25) is 14.4 Å². The van der Waals surface area contributed by atoms with Crippen molar-refractivity contribution in [2.75, 3.05) is 11.4 Å². The van der Waals surface area contributed by atoms with Gasteiger partial charge in [0.2, 0.25) is 11.8 Å². The molecule has 210 valence electrons. The van der Waals surface area contributed by atoms with Crippen molar-refractivity contribution in [3.63, 3.8) is 0 Å². The van der Waals surface area contributed by atoms with Crippen molar-refractivity contribution < 1.29 is 14.4 Å². The lowest BCUT2D eigenvalue weighted by Gasteiger charge is -2.32. The van der Waals surface area contributed by atoms with Gasteiger partial charge in [-0.2, -0.15) is 0 Å². The predicted octanol–water partition coefficient (Wildman–Crippen LogP) is 6.14. The van der Waals surface area contributed by atoms with Crippen LogP contribution in [-0.2, 0) is 22.6 Å². The summed E-state index contributed by atoms with van der Waals surface area (Å²) >= 11 is 0. The number of hydrogen-bond acceptors (Lipinski definition) is 3. The predicted molar refractivity (Wildman–Crippen MR) is 164 cm³/mol. The highest BCUT2D eigenvalue weighted by molar-refractivity contribution is 6.25. The van der Waals surface area contributed by atoms with Crippen LogP contribution in [0.25, 0.3) is 10.8 Å². The summed E-state index contributed by atoms with van der Waals surface area (Å²) < 4.78 is 0. The molecule has 4 aromatic rings. The highest BCUT2D eigenvalue weighted by Gasteiger charge is 2.32. The monoisotopic (exact) mass is 547 g/mol. The number of rotatable bonds is 12. The number of benzene rings is 4. The van der Waals surface area contributed by atoms with Crippen LogP contribution in [0.1, 0.15) is 54.6 Å². The molecule has 0 aromatic heterocycles. The fraction of sp³-hybridized carbons (Fsp3) is 0.286. The van der Waals surface area contributed by atoms with E-state index in [1.54, 1.807) is 9.80 Å². The van der Waals surface area contributed by atoms with Gasteiger partial charge in [-0.15, -0.1) is 0 Å². The average Bonchev–Trinajstić information content (AvgIpc) is 3.27. The maximum absolute atomic E-state index is 13.9. The smallest absolute Gasteiger partial charge is 0.258 e. The van der Waals surface area contributed by atoms with Crippen molar-refractivity contribution in [3.8, 4) is 0 Å². The molecule has 0 saturated carbocycles. The zero-order valence-electron chi connectivity index (χ0n) is 23.8. The van der Waals surface area contributed by atoms with Gasteiger partial charge in [0, 0.05) is 42.9 Å². The summed E-state index contributed by atoms with van der Waals surface area (Å²) in [6.07, 6.45) is 1.94. The largest absolute Gasteiger partial charge is 0.352 e. The Morgan fingerprint density at radius 2 is 1.51 bits per heavy atom. The molecular weight excluding hydrogens is 510 g/mol. The maximum Gasteiger partial charge on any atom is 0.258 e. The van der Waals surface area contributed by atoms with E-state index in [0.29, 0.717) is 31.5 Å². The maximum atomic E-state index is 13.9. The van der Waals surface area contributed by atoms with Crippen LogP contribution >= 0.6 is 0 Å². The van der Waals surface area contributed by atoms with Crippen molar-refractivity contribution in [3.05, 3.63) is 114 Å². The lowest BCUT2D eigenvalue weighted by molar-refractivity contribution is -0.141. The highest BCUT2D eigenvalue weighted by atomic mass is 16.2. The van der Waals surface area contributed by atoms with E-state index in [4.69, 9.17) is 0 Å². The van der Waals surface area contributed by atoms with Gasteiger partial charge >= 0.3 is 0 Å². The van der Waals surface area contributed by atoms with E-state index in [1.165, 1.54) is 0 Å². The van der Waals surface area contributed by atoms with E-state index in [-0.39, 0.29) is 30.2 Å². The second-order valence-electron chi connectivity index (χ2n) is 10.8. The van der Waals surface area contributed by atoms with Gasteiger partial charge in [0.1, 0.15) is 6.04 Å². The molecule has 2 unspecified atom stereocenters. The second-order valence-corrected chi connectivity index (χ2v) is 10.8. The number of nitrogens with zero attached hydrogens (tertiary/aromatic N) is 2. The number of carbonyl (C=O) groups is 3. The molecule has 1 aliphatic heterocycles. The summed E-state index contributed by atoms with van der Waals surface area (Å²) in [5.41, 5.74) is 3.56. The van der Waals surface area contributed by atoms with Gasteiger partial charge in [0.25, 0.3) is 5.91 Å². The SMILES string of the molecule is CCC(C)NC(=O)C(Cc1ccccc1)N(Cc1ccccc1)C(=O)CCCN1C(=O)c2cccc3cccc1c23. The number of hydrogen-bond donors (Lipinski definition) is 1. The first-order chi connectivity index (χ1) is 20.0. The van der Waals surface area contributed by atoms with Crippen molar-refractivity contribution in [1.82, 2.24) is 10.2 Å². The van der Waals surface area contributed by atoms with Gasteiger partial charge < -0.3 is 15.1 Å². The standard InChI is InChI=1S/C35H37N3O3/c1-3-25(2)36-34(40)31(23-26-13-6-4-7-14-26)38(24-27-15-8-5-9-16-27)32(39)21-12-22-37-30-20-11-18-28-17-10-19-29(33(28)30)35(37)41/h4-11,13-20,25,31H,3,12,21-24H2,1-2H3,(H,36,40). The van der Waals surface area contributed by atoms with Crippen molar-refractivity contribution in [2.24, 2.45) is 0 Å². The molecule has 0 fully saturated rings. The van der Waals surface area contributed by atoms with Crippen LogP contribution in [0, 0.1) is 0 Å². The number of anilines is 1. The molecular formula is C35H37N3O3. The summed E-state index contributed by atoms with van der Waals surface area (Å²) in [5.74, 6) is -0.277. The molecule has 6 heteroatoms. The van der Waals surface area contributed by atoms with E-state index in [2.05, 4.69) is 5.32 Å². The number of carbonyl (C=O) groups excluding carboxylic acids is 3. The molecule has 5 rings (SSSR count). The van der Waals surface area contributed by atoms with Crippen LogP contribution in [0.15, 0.2) is 97.1 Å². The second kappa shape index (κ2) is 12.8. The Labute approximate surface area is 242 Å². The molecule has 0 bridgehead atoms. The van der Waals surface area contributed by atoms with Crippen molar-refractivity contribution >= 4 is 34.2 Å². The highest BCUT2D eigenvalue weighted by Crippen LogP contribution is 2.37. The van der Waals surface area contributed by atoms with Crippen molar-refractivity contribution in [2.45, 2.75) is 58.2 Å². The summed E-state index contributed by atoms with van der Waals surface area (Å²) in [6, 6.07) is 30.7. The van der Waals surface area contributed by atoms with Gasteiger partial charge in [0.05, 0.1) is 5.69 Å². The summed E-state index contributed by atoms with van der Waals surface area (Å²) in [6.45, 7) is 4.77. The molecule has 1 N–H and O–H groups in total. The van der Waals surface area contributed by atoms with E-state index in [0.717, 1.165) is 34.0 Å². The minimum absolute atomic E-state index is 0.0000271. The normalized spacial score (nSPS) is 13.7. The van der Waals surface area contributed by atoms with Crippen LogP contribution in [0.2, 0.25) is 0 Å². The third kappa shape index (κ3) is 6.32. The van der Waals surface area contributed by atoms with Crippen LogP contribution in [-0.4, -0.2) is 41.2 Å². The van der Waals surface area contributed by atoms with Gasteiger partial charge in [0.15, 0.2) is 0 Å². The van der Waals surface area contributed by atoms with Crippen LogP contribution < -0.4 is 10.2 Å². The molecule has 2 atom stereocenters. The Balaban J connectivity index is 1.36. The zero-order valence-corrected chi connectivity index (χ0v) is 23.8. The molecule has 0 spiro atoms. The Morgan fingerprint density at radius 3 is 2.20 bits per heavy atom. The molecule has 0 aliphatic carbocycles. The average molecular weight is 548 g/mol. The minimum atomic E-state index is -0.662. The Bertz CT molecular complexity index is 1510. The lowest BCUT2D eigenvalue weighted by atomic mass is 10.0. The molecule has 0 radical (unpaired) electrons. The van der Waals surface area contributed by atoms with E-state index in [9.17, 15) is 14.4 Å². The van der Waals surface area contributed by atoms with Gasteiger partial charge in [-0.05, 0) is 48.4 Å². The molecule has 0 saturated heterocycles. The molecule has 6 nitrogen and oxygen atoms in total. The fourth-order valence-corrected chi connectivity index (χ4v) is 5.51.